The number of H-pyrrole nitrogens is 1. The Kier molecular flexibility index (Phi) is 25.1. The smallest absolute Gasteiger partial charge is 0.330 e. The van der Waals surface area contributed by atoms with Gasteiger partial charge in [-0.2, -0.15) is 5.26 Å². The molecular weight excluding hydrogens is 946 g/mol. The summed E-state index contributed by atoms with van der Waals surface area (Å²) in [4.78, 5) is 45.4. The van der Waals surface area contributed by atoms with Crippen LogP contribution in [0.3, 0.4) is 0 Å². The summed E-state index contributed by atoms with van der Waals surface area (Å²) < 4.78 is 49.5. The summed E-state index contributed by atoms with van der Waals surface area (Å²) in [5.74, 6) is 1.18. The summed E-state index contributed by atoms with van der Waals surface area (Å²) in [5, 5.41) is 9.59. The Morgan fingerprint density at radius 1 is 0.753 bits per heavy atom. The third-order valence-electron chi connectivity index (χ3n) is 13.2. The van der Waals surface area contributed by atoms with Gasteiger partial charge in [-0.1, -0.05) is 133 Å². The van der Waals surface area contributed by atoms with Crippen LogP contribution in [0.1, 0.15) is 148 Å². The Labute approximate surface area is 435 Å². The predicted molar refractivity (Wildman–Crippen MR) is 287 cm³/mol. The first-order chi connectivity index (χ1) is 35.4. The van der Waals surface area contributed by atoms with Crippen molar-refractivity contribution in [3.63, 3.8) is 0 Å². The van der Waals surface area contributed by atoms with Gasteiger partial charge in [-0.3, -0.25) is 19.1 Å². The van der Waals surface area contributed by atoms with Crippen LogP contribution in [0, 0.1) is 11.3 Å². The summed E-state index contributed by atoms with van der Waals surface area (Å²) >= 11 is 0. The molecule has 0 aliphatic carbocycles. The first-order valence-corrected chi connectivity index (χ1v) is 27.6. The summed E-state index contributed by atoms with van der Waals surface area (Å²) in [6.07, 6.45) is 10.3. The van der Waals surface area contributed by atoms with Gasteiger partial charge in [-0.25, -0.2) is 9.46 Å². The van der Waals surface area contributed by atoms with Crippen molar-refractivity contribution in [2.45, 2.75) is 167 Å². The number of unbranched alkanes of at least 4 members (excludes halogenated alkanes) is 10. The molecule has 1 aliphatic rings. The van der Waals surface area contributed by atoms with Crippen LogP contribution in [-0.2, 0) is 33.7 Å². The van der Waals surface area contributed by atoms with Crippen molar-refractivity contribution in [3.8, 4) is 17.6 Å². The van der Waals surface area contributed by atoms with Gasteiger partial charge in [0, 0.05) is 37.4 Å². The molecule has 400 valence electrons. The van der Waals surface area contributed by atoms with Crippen molar-refractivity contribution in [2.24, 2.45) is 0 Å². The molecule has 2 heterocycles. The molecule has 0 bridgehead atoms. The van der Waals surface area contributed by atoms with Gasteiger partial charge in [0.05, 0.1) is 39.9 Å². The van der Waals surface area contributed by atoms with Gasteiger partial charge in [-0.15, -0.1) is 0 Å². The van der Waals surface area contributed by atoms with Crippen LogP contribution in [0.15, 0.2) is 101 Å². The van der Waals surface area contributed by atoms with E-state index in [0.29, 0.717) is 24.6 Å². The van der Waals surface area contributed by atoms with Crippen LogP contribution < -0.4 is 20.7 Å². The molecule has 1 fully saturated rings. The Bertz CT molecular complexity index is 2290. The highest BCUT2D eigenvalue weighted by Crippen LogP contribution is 2.51. The fourth-order valence-electron chi connectivity index (χ4n) is 9.47. The maximum Gasteiger partial charge on any atom is 0.330 e. The highest BCUT2D eigenvalue weighted by molar-refractivity contribution is 7.44. The number of hydrogen-bond donors (Lipinski definition) is 1. The molecule has 16 heteroatoms. The number of benzene rings is 3. The van der Waals surface area contributed by atoms with Crippen molar-refractivity contribution >= 4 is 14.4 Å². The molecule has 3 unspecified atom stereocenters. The number of ether oxygens (including phenoxy) is 5. The van der Waals surface area contributed by atoms with Crippen LogP contribution in [0.25, 0.3) is 0 Å². The van der Waals surface area contributed by atoms with Crippen molar-refractivity contribution < 1.29 is 37.5 Å². The fraction of sp³-hybridized carbons (Fsp3) is 0.579. The van der Waals surface area contributed by atoms with Gasteiger partial charge in [0.25, 0.3) is 14.1 Å². The zero-order valence-electron chi connectivity index (χ0n) is 44.7. The second-order valence-corrected chi connectivity index (χ2v) is 20.6. The Hall–Kier alpha value is -4.91. The molecule has 0 spiro atoms. The van der Waals surface area contributed by atoms with Crippen LogP contribution in [0.5, 0.6) is 11.5 Å². The lowest BCUT2D eigenvalue weighted by molar-refractivity contribution is -0.143. The highest BCUT2D eigenvalue weighted by Gasteiger charge is 2.52. The minimum Gasteiger partial charge on any atom is -0.497 e. The van der Waals surface area contributed by atoms with Gasteiger partial charge in [0.1, 0.15) is 42.0 Å². The summed E-state index contributed by atoms with van der Waals surface area (Å²) in [7, 11) is 1.29. The fourth-order valence-corrected chi connectivity index (χ4v) is 11.2. The molecule has 15 nitrogen and oxygen atoms in total. The number of carbonyl (C=O) groups excluding carboxylic acids is 1. The first kappa shape index (κ1) is 59.0. The molecule has 1 N–H and O–H groups in total. The number of nitriles is 1. The van der Waals surface area contributed by atoms with Crippen molar-refractivity contribution in [1.82, 2.24) is 19.1 Å². The number of aromatic nitrogens is 2. The second kappa shape index (κ2) is 31.1. The SMILES string of the molecule is CCCCCCCCN(CCCCCCCC)C(=O)COC1C(OP(OCCC#N)N(C(C)C)C(C)C)[C@H](n2ccc(=O)[nH]c2=O)O[C@@H]1COC(c1ccccc1)(c1ccc(OC)cc1)c1ccc(OC)cc1. The van der Waals surface area contributed by atoms with E-state index >= 15 is 0 Å². The first-order valence-electron chi connectivity index (χ1n) is 26.5. The standard InChI is InChI=1S/C57H82N5O10P/c1-9-11-13-15-17-22-37-60(38-23-18-16-14-12-10-2)52(64)42-68-53-50(71-55(61-39-35-51(63)59-56(61)65)54(53)72-73(70-40-24-36-58)62(43(3)4)44(5)6)41-69-57(45-25-20-19-21-26-45,46-27-31-48(66-7)32-28-46)47-29-33-49(67-8)34-30-47/h19-21,25-35,39,43-44,50,53-55H,9-18,22-24,37-38,40-42H2,1-8H3,(H,59,63,65)/t50-,53?,54?,55-,73?/m1/s1. The maximum atomic E-state index is 14.7. The minimum absolute atomic E-state index is 0.0668. The molecule has 1 saturated heterocycles. The lowest BCUT2D eigenvalue weighted by Crippen LogP contribution is -2.45. The number of nitrogens with one attached hydrogen (secondary N) is 1. The number of rotatable bonds is 34. The van der Waals surface area contributed by atoms with Crippen LogP contribution >= 0.6 is 8.53 Å². The third kappa shape index (κ3) is 16.8. The summed E-state index contributed by atoms with van der Waals surface area (Å²) in [6, 6.07) is 28.6. The van der Waals surface area contributed by atoms with E-state index in [2.05, 4.69) is 29.6 Å². The number of nitrogens with zero attached hydrogens (tertiary/aromatic N) is 4. The van der Waals surface area contributed by atoms with E-state index in [1.807, 2.05) is 111 Å². The average molecular weight is 1030 g/mol. The normalized spacial score (nSPS) is 17.3. The molecule has 4 aromatic rings. The zero-order valence-corrected chi connectivity index (χ0v) is 45.6. The number of amides is 1. The molecule has 0 radical (unpaired) electrons. The largest absolute Gasteiger partial charge is 0.497 e. The lowest BCUT2D eigenvalue weighted by Gasteiger charge is -2.38. The molecular formula is C57H82N5O10P. The second-order valence-electron chi connectivity index (χ2n) is 19.2. The van der Waals surface area contributed by atoms with Gasteiger partial charge in [-0.05, 0) is 81.5 Å². The van der Waals surface area contributed by atoms with Crippen LogP contribution in [0.4, 0.5) is 0 Å². The number of methoxy groups -OCH3 is 2. The topological polar surface area (TPSA) is 167 Å². The van der Waals surface area contributed by atoms with Gasteiger partial charge >= 0.3 is 5.69 Å². The number of carbonyl (C=O) groups is 1. The molecule has 1 aromatic heterocycles. The summed E-state index contributed by atoms with van der Waals surface area (Å²) in [5.41, 5.74) is -0.176. The van der Waals surface area contributed by atoms with Gasteiger partial charge in [0.15, 0.2) is 6.23 Å². The average Bonchev–Trinajstić information content (AvgIpc) is 3.73. The van der Waals surface area contributed by atoms with Crippen molar-refractivity contribution in [1.29, 1.82) is 5.26 Å². The van der Waals surface area contributed by atoms with Gasteiger partial charge in [0.2, 0.25) is 5.91 Å². The third-order valence-corrected chi connectivity index (χ3v) is 15.4. The van der Waals surface area contributed by atoms with Gasteiger partial charge < -0.3 is 37.6 Å². The Morgan fingerprint density at radius 3 is 1.79 bits per heavy atom. The molecule has 1 aliphatic heterocycles. The van der Waals surface area contributed by atoms with E-state index in [-0.39, 0.29) is 44.2 Å². The molecule has 5 atom stereocenters. The van der Waals surface area contributed by atoms with E-state index in [1.165, 1.54) is 42.5 Å². The summed E-state index contributed by atoms with van der Waals surface area (Å²) in [6.45, 7) is 13.4. The number of hydrogen-bond acceptors (Lipinski definition) is 12. The maximum absolute atomic E-state index is 14.7. The van der Waals surface area contributed by atoms with E-state index in [4.69, 9.17) is 32.7 Å². The lowest BCUT2D eigenvalue weighted by atomic mass is 9.80. The minimum atomic E-state index is -1.95. The quantitative estimate of drug-likeness (QED) is 0.0268. The Morgan fingerprint density at radius 2 is 1.29 bits per heavy atom. The van der Waals surface area contributed by atoms with E-state index in [1.54, 1.807) is 14.2 Å². The van der Waals surface area contributed by atoms with Crippen LogP contribution in [-0.4, -0.2) is 103 Å². The van der Waals surface area contributed by atoms with Crippen molar-refractivity contribution in [3.05, 3.63) is 129 Å². The van der Waals surface area contributed by atoms with Crippen LogP contribution in [0.2, 0.25) is 0 Å². The highest BCUT2D eigenvalue weighted by atomic mass is 31.2. The van der Waals surface area contributed by atoms with E-state index in [9.17, 15) is 19.6 Å². The zero-order chi connectivity index (χ0) is 52.6. The van der Waals surface area contributed by atoms with Crippen molar-refractivity contribution in [2.75, 3.05) is 47.1 Å². The number of aromatic amines is 1. The monoisotopic (exact) mass is 1030 g/mol. The predicted octanol–water partition coefficient (Wildman–Crippen LogP) is 11.1. The molecule has 3 aromatic carbocycles. The Balaban J connectivity index is 1.63. The molecule has 5 rings (SSSR count). The van der Waals surface area contributed by atoms with E-state index in [0.717, 1.165) is 68.1 Å². The molecule has 0 saturated carbocycles. The molecule has 73 heavy (non-hydrogen) atoms. The molecule has 1 amide bonds. The van der Waals surface area contributed by atoms with E-state index < -0.39 is 49.9 Å².